The van der Waals surface area contributed by atoms with Crippen LogP contribution in [0.5, 0.6) is 5.75 Å². The van der Waals surface area contributed by atoms with Crippen LogP contribution in [-0.2, 0) is 9.53 Å². The Balaban J connectivity index is 1.79. The third kappa shape index (κ3) is 2.67. The zero-order chi connectivity index (χ0) is 18.1. The van der Waals surface area contributed by atoms with Crippen molar-refractivity contribution in [3.8, 4) is 5.75 Å². The van der Waals surface area contributed by atoms with E-state index in [-0.39, 0.29) is 0 Å². The maximum Gasteiger partial charge on any atom is 0.366 e. The van der Waals surface area contributed by atoms with Gasteiger partial charge in [-0.15, -0.1) is 0 Å². The van der Waals surface area contributed by atoms with Gasteiger partial charge in [0.1, 0.15) is 5.75 Å². The monoisotopic (exact) mass is 346 g/mol. The van der Waals surface area contributed by atoms with Gasteiger partial charge in [-0.1, -0.05) is 24.3 Å². The first kappa shape index (κ1) is 16.1. The summed E-state index contributed by atoms with van der Waals surface area (Å²) in [5, 5.41) is 0. The summed E-state index contributed by atoms with van der Waals surface area (Å²) in [7, 11) is 1.65. The number of rotatable bonds is 3. The number of esters is 1. The normalized spacial score (nSPS) is 18.5. The second-order valence-corrected chi connectivity index (χ2v) is 5.91. The van der Waals surface area contributed by atoms with E-state index >= 15 is 0 Å². The number of aliphatic imine (C=N–C) groups is 1. The first-order valence-electron chi connectivity index (χ1n) is 8.45. The second-order valence-electron chi connectivity index (χ2n) is 5.91. The largest absolute Gasteiger partial charge is 0.497 e. The number of hydrogen-bond acceptors (Lipinski definition) is 5. The van der Waals surface area contributed by atoms with Gasteiger partial charge in [0.15, 0.2) is 5.70 Å². The molecule has 4 rings (SSSR count). The molecule has 0 fully saturated rings. The summed E-state index contributed by atoms with van der Waals surface area (Å²) < 4.78 is 10.7. The lowest BCUT2D eigenvalue weighted by Crippen LogP contribution is -2.26. The van der Waals surface area contributed by atoms with E-state index < -0.39 is 5.97 Å². The average molecular weight is 346 g/mol. The lowest BCUT2D eigenvalue weighted by Gasteiger charge is -2.29. The topological polar surface area (TPSA) is 51.1 Å². The van der Waals surface area contributed by atoms with Gasteiger partial charge in [0, 0.05) is 23.4 Å². The van der Waals surface area contributed by atoms with E-state index in [4.69, 9.17) is 9.47 Å². The summed E-state index contributed by atoms with van der Waals surface area (Å²) >= 11 is 0. The molecule has 5 heteroatoms. The Hall–Kier alpha value is -3.34. The first-order valence-corrected chi connectivity index (χ1v) is 8.45. The SMILES string of the molecule is CCN1/C(=C2\N=C(c3ccccc3)OC2=O)C=Cc2cc(OC)ccc21. The molecule has 0 saturated heterocycles. The molecule has 0 aliphatic carbocycles. The third-order valence-corrected chi connectivity index (χ3v) is 4.41. The number of carbonyl (C=O) groups is 1. The molecule has 2 aromatic carbocycles. The summed E-state index contributed by atoms with van der Waals surface area (Å²) in [4.78, 5) is 19.0. The van der Waals surface area contributed by atoms with Gasteiger partial charge in [-0.25, -0.2) is 9.79 Å². The van der Waals surface area contributed by atoms with Gasteiger partial charge >= 0.3 is 5.97 Å². The van der Waals surface area contributed by atoms with Crippen molar-refractivity contribution >= 4 is 23.6 Å². The van der Waals surface area contributed by atoms with E-state index in [1.807, 2.05) is 67.6 Å². The molecular weight excluding hydrogens is 328 g/mol. The highest BCUT2D eigenvalue weighted by atomic mass is 16.6. The van der Waals surface area contributed by atoms with Crippen LogP contribution in [0.1, 0.15) is 18.1 Å². The molecule has 0 unspecified atom stereocenters. The number of allylic oxidation sites excluding steroid dienone is 1. The minimum absolute atomic E-state index is 0.323. The van der Waals surface area contributed by atoms with Crippen molar-refractivity contribution in [3.63, 3.8) is 0 Å². The molecule has 0 spiro atoms. The quantitative estimate of drug-likeness (QED) is 0.627. The van der Waals surface area contributed by atoms with Crippen LogP contribution in [-0.4, -0.2) is 25.5 Å². The third-order valence-electron chi connectivity index (χ3n) is 4.41. The van der Waals surface area contributed by atoms with Gasteiger partial charge < -0.3 is 14.4 Å². The maximum absolute atomic E-state index is 12.5. The number of carbonyl (C=O) groups excluding carboxylic acids is 1. The Morgan fingerprint density at radius 1 is 1.12 bits per heavy atom. The van der Waals surface area contributed by atoms with Crippen molar-refractivity contribution in [2.75, 3.05) is 18.6 Å². The summed E-state index contributed by atoms with van der Waals surface area (Å²) in [6, 6.07) is 15.3. The Morgan fingerprint density at radius 3 is 2.65 bits per heavy atom. The van der Waals surface area contributed by atoms with E-state index in [0.717, 1.165) is 28.3 Å². The van der Waals surface area contributed by atoms with Crippen LogP contribution in [0.15, 0.2) is 71.0 Å². The minimum Gasteiger partial charge on any atom is -0.497 e. The van der Waals surface area contributed by atoms with Crippen LogP contribution in [0.3, 0.4) is 0 Å². The number of likely N-dealkylation sites (N-methyl/N-ethyl adjacent to an activating group) is 1. The lowest BCUT2D eigenvalue weighted by atomic mass is 10.0. The van der Waals surface area contributed by atoms with Crippen molar-refractivity contribution in [1.82, 2.24) is 0 Å². The van der Waals surface area contributed by atoms with Crippen LogP contribution in [0.2, 0.25) is 0 Å². The number of cyclic esters (lactones) is 1. The number of methoxy groups -OCH3 is 1. The van der Waals surface area contributed by atoms with E-state index in [1.54, 1.807) is 7.11 Å². The zero-order valence-electron chi connectivity index (χ0n) is 14.6. The fourth-order valence-electron chi connectivity index (χ4n) is 3.15. The molecule has 2 aliphatic heterocycles. The number of benzene rings is 2. The predicted molar refractivity (Wildman–Crippen MR) is 101 cm³/mol. The summed E-state index contributed by atoms with van der Waals surface area (Å²) in [5.74, 6) is 0.701. The molecule has 2 aromatic rings. The molecular formula is C21H18N2O3. The van der Waals surface area contributed by atoms with Gasteiger partial charge in [-0.2, -0.15) is 0 Å². The first-order chi connectivity index (χ1) is 12.7. The maximum atomic E-state index is 12.5. The van der Waals surface area contributed by atoms with Gasteiger partial charge in [-0.05, 0) is 43.3 Å². The fourth-order valence-corrected chi connectivity index (χ4v) is 3.15. The fraction of sp³-hybridized carbons (Fsp3) is 0.143. The Bertz CT molecular complexity index is 958. The molecule has 0 saturated carbocycles. The molecule has 2 heterocycles. The molecule has 0 aromatic heterocycles. The van der Waals surface area contributed by atoms with Gasteiger partial charge in [-0.3, -0.25) is 0 Å². The molecule has 5 nitrogen and oxygen atoms in total. The molecule has 0 bridgehead atoms. The summed E-state index contributed by atoms with van der Waals surface area (Å²) in [5.41, 5.74) is 3.89. The van der Waals surface area contributed by atoms with Crippen molar-refractivity contribution in [3.05, 3.63) is 77.1 Å². The van der Waals surface area contributed by atoms with E-state index in [1.165, 1.54) is 0 Å². The molecule has 26 heavy (non-hydrogen) atoms. The van der Waals surface area contributed by atoms with Crippen LogP contribution in [0, 0.1) is 0 Å². The number of anilines is 1. The van der Waals surface area contributed by atoms with Crippen molar-refractivity contribution in [1.29, 1.82) is 0 Å². The highest BCUT2D eigenvalue weighted by Gasteiger charge is 2.30. The number of nitrogens with zero attached hydrogens (tertiary/aromatic N) is 2. The average Bonchev–Trinajstić information content (AvgIpc) is 3.08. The number of ether oxygens (including phenoxy) is 2. The molecule has 0 amide bonds. The van der Waals surface area contributed by atoms with E-state index in [0.29, 0.717) is 18.1 Å². The van der Waals surface area contributed by atoms with Crippen LogP contribution < -0.4 is 9.64 Å². The highest BCUT2D eigenvalue weighted by molar-refractivity contribution is 6.12. The van der Waals surface area contributed by atoms with Crippen molar-refractivity contribution < 1.29 is 14.3 Å². The highest BCUT2D eigenvalue weighted by Crippen LogP contribution is 2.35. The smallest absolute Gasteiger partial charge is 0.366 e. The van der Waals surface area contributed by atoms with Gasteiger partial charge in [0.25, 0.3) is 0 Å². The van der Waals surface area contributed by atoms with E-state index in [2.05, 4.69) is 9.89 Å². The van der Waals surface area contributed by atoms with Gasteiger partial charge in [0.05, 0.1) is 12.8 Å². The Morgan fingerprint density at radius 2 is 1.92 bits per heavy atom. The molecule has 130 valence electrons. The molecule has 2 aliphatic rings. The lowest BCUT2D eigenvalue weighted by molar-refractivity contribution is -0.130. The van der Waals surface area contributed by atoms with Crippen LogP contribution in [0.25, 0.3) is 6.08 Å². The molecule has 0 N–H and O–H groups in total. The summed E-state index contributed by atoms with van der Waals surface area (Å²) in [6.07, 6.45) is 3.87. The Labute approximate surface area is 151 Å². The Kier molecular flexibility index (Phi) is 4.05. The van der Waals surface area contributed by atoms with Crippen molar-refractivity contribution in [2.24, 2.45) is 4.99 Å². The zero-order valence-corrected chi connectivity index (χ0v) is 14.6. The van der Waals surface area contributed by atoms with Crippen LogP contribution in [0.4, 0.5) is 5.69 Å². The minimum atomic E-state index is -0.432. The molecule has 0 atom stereocenters. The van der Waals surface area contributed by atoms with Crippen molar-refractivity contribution in [2.45, 2.75) is 6.92 Å². The van der Waals surface area contributed by atoms with Crippen LogP contribution >= 0.6 is 0 Å². The summed E-state index contributed by atoms with van der Waals surface area (Å²) in [6.45, 7) is 2.74. The second kappa shape index (κ2) is 6.52. The predicted octanol–water partition coefficient (Wildman–Crippen LogP) is 3.76. The number of hydrogen-bond donors (Lipinski definition) is 0. The number of fused-ring (bicyclic) bond motifs is 1. The van der Waals surface area contributed by atoms with E-state index in [9.17, 15) is 4.79 Å². The molecule has 0 radical (unpaired) electrons. The van der Waals surface area contributed by atoms with Gasteiger partial charge in [0.2, 0.25) is 5.90 Å². The standard InChI is InChI=1S/C21H18N2O3/c1-3-23-17-12-10-16(25-2)13-15(17)9-11-18(23)19-21(24)26-20(22-19)14-7-5-4-6-8-14/h4-13H,3H2,1-2H3/b19-18-.